The van der Waals surface area contributed by atoms with E-state index in [0.717, 1.165) is 17.0 Å². The average molecular weight is 301 g/mol. The number of rotatable bonds is 6. The number of anilines is 1. The van der Waals surface area contributed by atoms with Crippen molar-refractivity contribution in [2.45, 2.75) is 13.8 Å². The Morgan fingerprint density at radius 1 is 1.29 bits per heavy atom. The molecule has 0 fully saturated rings. The van der Waals surface area contributed by atoms with Crippen LogP contribution in [0, 0.1) is 13.8 Å². The number of nitrogens with one attached hydrogen (secondary N) is 1. The van der Waals surface area contributed by atoms with Gasteiger partial charge in [0, 0.05) is 5.69 Å². The maximum atomic E-state index is 5.70. The van der Waals surface area contributed by atoms with Crippen molar-refractivity contribution >= 4 is 23.0 Å². The second-order valence-electron chi connectivity index (χ2n) is 4.80. The summed E-state index contributed by atoms with van der Waals surface area (Å²) in [5.74, 6) is 1.57. The molecular weight excluding hydrogens is 282 g/mol. The Kier molecular flexibility index (Phi) is 5.11. The highest BCUT2D eigenvalue weighted by atomic mass is 32.1. The molecule has 0 aliphatic rings. The molecule has 4 nitrogen and oxygen atoms in total. The first kappa shape index (κ1) is 15.3. The molecule has 0 spiro atoms. The lowest BCUT2D eigenvalue weighted by atomic mass is 10.2. The number of benzene rings is 1. The normalized spacial score (nSPS) is 10.2. The van der Waals surface area contributed by atoms with Crippen LogP contribution in [0.25, 0.3) is 0 Å². The molecule has 110 valence electrons. The highest BCUT2D eigenvalue weighted by Crippen LogP contribution is 2.14. The zero-order chi connectivity index (χ0) is 15.2. The number of aromatic nitrogens is 1. The summed E-state index contributed by atoms with van der Waals surface area (Å²) in [6, 6.07) is 11.7. The summed E-state index contributed by atoms with van der Waals surface area (Å²) in [5, 5.41) is 3.22. The number of aryl methyl sites for hydroxylation is 2. The molecule has 2 rings (SSSR count). The third-order valence-electron chi connectivity index (χ3n) is 2.95. The van der Waals surface area contributed by atoms with Gasteiger partial charge < -0.3 is 15.8 Å². The molecule has 1 heterocycles. The van der Waals surface area contributed by atoms with Crippen LogP contribution >= 0.6 is 12.2 Å². The number of ether oxygens (including phenoxy) is 1. The molecule has 1 aromatic heterocycles. The molecule has 0 saturated carbocycles. The van der Waals surface area contributed by atoms with Crippen LogP contribution in [0.5, 0.6) is 5.75 Å². The molecule has 0 bridgehead atoms. The van der Waals surface area contributed by atoms with Crippen LogP contribution in [0.2, 0.25) is 0 Å². The fourth-order valence-electron chi connectivity index (χ4n) is 1.93. The van der Waals surface area contributed by atoms with Crippen molar-refractivity contribution < 1.29 is 4.74 Å². The lowest BCUT2D eigenvalue weighted by Crippen LogP contribution is -2.18. The van der Waals surface area contributed by atoms with Gasteiger partial charge in [-0.05, 0) is 43.7 Å². The van der Waals surface area contributed by atoms with E-state index in [1.807, 2.05) is 50.2 Å². The van der Waals surface area contributed by atoms with E-state index in [1.165, 1.54) is 5.56 Å². The van der Waals surface area contributed by atoms with Gasteiger partial charge in [0.15, 0.2) is 0 Å². The summed E-state index contributed by atoms with van der Waals surface area (Å²) in [6.07, 6.45) is 0. The molecule has 0 atom stereocenters. The maximum absolute atomic E-state index is 5.70. The molecule has 0 aliphatic heterocycles. The number of pyridine rings is 1. The van der Waals surface area contributed by atoms with Crippen molar-refractivity contribution in [2.24, 2.45) is 5.73 Å². The molecule has 3 N–H and O–H groups in total. The Bertz CT molecular complexity index is 643. The van der Waals surface area contributed by atoms with Gasteiger partial charge in [-0.25, -0.2) is 4.98 Å². The number of nitrogens with zero attached hydrogens (tertiary/aromatic N) is 1. The van der Waals surface area contributed by atoms with Gasteiger partial charge in [0.05, 0.1) is 12.1 Å². The second kappa shape index (κ2) is 7.04. The molecule has 0 amide bonds. The fourth-order valence-corrected chi connectivity index (χ4v) is 2.10. The Morgan fingerprint density at radius 2 is 2.10 bits per heavy atom. The monoisotopic (exact) mass is 301 g/mol. The predicted octanol–water partition coefficient (Wildman–Crippen LogP) is 2.82. The van der Waals surface area contributed by atoms with E-state index in [-0.39, 0.29) is 0 Å². The quantitative estimate of drug-likeness (QED) is 0.634. The summed E-state index contributed by atoms with van der Waals surface area (Å²) in [5.41, 5.74) is 8.54. The van der Waals surface area contributed by atoms with Crippen LogP contribution in [0.4, 0.5) is 5.82 Å². The molecule has 0 aliphatic carbocycles. The van der Waals surface area contributed by atoms with Crippen molar-refractivity contribution in [2.75, 3.05) is 18.5 Å². The van der Waals surface area contributed by atoms with Gasteiger partial charge in [0.1, 0.15) is 23.2 Å². The van der Waals surface area contributed by atoms with Gasteiger partial charge in [-0.3, -0.25) is 0 Å². The first-order chi connectivity index (χ1) is 10.1. The largest absolute Gasteiger partial charge is 0.492 e. The number of thiocarbonyl (C=S) groups is 1. The Balaban J connectivity index is 1.91. The third kappa shape index (κ3) is 4.43. The summed E-state index contributed by atoms with van der Waals surface area (Å²) in [4.78, 5) is 4.76. The maximum Gasteiger partial charge on any atom is 0.136 e. The van der Waals surface area contributed by atoms with E-state index >= 15 is 0 Å². The minimum atomic E-state index is 0.338. The van der Waals surface area contributed by atoms with Crippen LogP contribution in [0.3, 0.4) is 0 Å². The first-order valence-corrected chi connectivity index (χ1v) is 7.18. The Hall–Kier alpha value is -2.14. The molecule has 0 radical (unpaired) electrons. The van der Waals surface area contributed by atoms with Crippen LogP contribution in [-0.2, 0) is 0 Å². The Labute approximate surface area is 130 Å². The van der Waals surface area contributed by atoms with Gasteiger partial charge in [0.2, 0.25) is 0 Å². The second-order valence-corrected chi connectivity index (χ2v) is 5.24. The summed E-state index contributed by atoms with van der Waals surface area (Å²) in [7, 11) is 0. The van der Waals surface area contributed by atoms with Crippen LogP contribution in [0.1, 0.15) is 16.8 Å². The molecule has 2 aromatic rings. The zero-order valence-electron chi connectivity index (χ0n) is 12.2. The van der Waals surface area contributed by atoms with Crippen LogP contribution < -0.4 is 15.8 Å². The van der Waals surface area contributed by atoms with Crippen molar-refractivity contribution in [1.82, 2.24) is 4.98 Å². The van der Waals surface area contributed by atoms with E-state index in [1.54, 1.807) is 0 Å². The number of hydrogen-bond acceptors (Lipinski definition) is 4. The molecule has 0 saturated heterocycles. The SMILES string of the molecule is Cc1cccc(OCCNc2nc(C)ccc2C(N)=S)c1. The van der Waals surface area contributed by atoms with E-state index in [9.17, 15) is 0 Å². The van der Waals surface area contributed by atoms with Crippen LogP contribution in [-0.4, -0.2) is 23.1 Å². The fraction of sp³-hybridized carbons (Fsp3) is 0.250. The highest BCUT2D eigenvalue weighted by Gasteiger charge is 2.06. The molecule has 0 unspecified atom stereocenters. The van der Waals surface area contributed by atoms with E-state index in [2.05, 4.69) is 10.3 Å². The molecule has 1 aromatic carbocycles. The van der Waals surface area contributed by atoms with Gasteiger partial charge in [0.25, 0.3) is 0 Å². The lowest BCUT2D eigenvalue weighted by molar-refractivity contribution is 0.332. The summed E-state index contributed by atoms with van der Waals surface area (Å²) in [6.45, 7) is 5.13. The molecular formula is C16H19N3OS. The smallest absolute Gasteiger partial charge is 0.136 e. The average Bonchev–Trinajstić information content (AvgIpc) is 2.43. The predicted molar refractivity (Wildman–Crippen MR) is 90.0 cm³/mol. The highest BCUT2D eigenvalue weighted by molar-refractivity contribution is 7.80. The van der Waals surface area contributed by atoms with Gasteiger partial charge >= 0.3 is 0 Å². The lowest BCUT2D eigenvalue weighted by Gasteiger charge is -2.12. The van der Waals surface area contributed by atoms with Crippen molar-refractivity contribution in [3.8, 4) is 5.75 Å². The van der Waals surface area contributed by atoms with Gasteiger partial charge in [-0.2, -0.15) is 0 Å². The van der Waals surface area contributed by atoms with E-state index in [4.69, 9.17) is 22.7 Å². The van der Waals surface area contributed by atoms with Gasteiger partial charge in [-0.1, -0.05) is 24.4 Å². The van der Waals surface area contributed by atoms with E-state index < -0.39 is 0 Å². The van der Waals surface area contributed by atoms with Crippen molar-refractivity contribution in [3.05, 3.63) is 53.2 Å². The minimum absolute atomic E-state index is 0.338. The minimum Gasteiger partial charge on any atom is -0.492 e. The summed E-state index contributed by atoms with van der Waals surface area (Å²) < 4.78 is 5.68. The molecule has 21 heavy (non-hydrogen) atoms. The Morgan fingerprint density at radius 3 is 2.81 bits per heavy atom. The van der Waals surface area contributed by atoms with Crippen molar-refractivity contribution in [3.63, 3.8) is 0 Å². The third-order valence-corrected chi connectivity index (χ3v) is 3.17. The van der Waals surface area contributed by atoms with Gasteiger partial charge in [-0.15, -0.1) is 0 Å². The van der Waals surface area contributed by atoms with Crippen LogP contribution in [0.15, 0.2) is 36.4 Å². The first-order valence-electron chi connectivity index (χ1n) is 6.77. The summed E-state index contributed by atoms with van der Waals surface area (Å²) >= 11 is 5.03. The number of nitrogens with two attached hydrogens (primary N) is 1. The topological polar surface area (TPSA) is 60.2 Å². The standard InChI is InChI=1S/C16H19N3OS/c1-11-4-3-5-13(10-11)20-9-8-18-16-14(15(17)21)7-6-12(2)19-16/h3-7,10H,8-9H2,1-2H3,(H2,17,21)(H,18,19). The zero-order valence-corrected chi connectivity index (χ0v) is 13.0. The van der Waals surface area contributed by atoms with E-state index in [0.29, 0.717) is 24.0 Å². The molecule has 5 heteroatoms. The number of hydrogen-bond donors (Lipinski definition) is 2. The van der Waals surface area contributed by atoms with Crippen molar-refractivity contribution in [1.29, 1.82) is 0 Å².